The first-order valence-electron chi connectivity index (χ1n) is 4.74. The quantitative estimate of drug-likeness (QED) is 0.606. The van der Waals surface area contributed by atoms with Crippen LogP contribution in [0.15, 0.2) is 0 Å². The van der Waals surface area contributed by atoms with Crippen LogP contribution in [0.5, 0.6) is 0 Å². The van der Waals surface area contributed by atoms with Crippen molar-refractivity contribution in [2.45, 2.75) is 20.1 Å². The minimum atomic E-state index is -0.358. The molecule has 6 heteroatoms. The van der Waals surface area contributed by atoms with E-state index >= 15 is 0 Å². The van der Waals surface area contributed by atoms with Gasteiger partial charge in [0.2, 0.25) is 0 Å². The lowest BCUT2D eigenvalue weighted by atomic mass is 10.3. The molecule has 2 rings (SSSR count). The van der Waals surface area contributed by atoms with Crippen molar-refractivity contribution in [3.63, 3.8) is 0 Å². The van der Waals surface area contributed by atoms with E-state index in [1.165, 1.54) is 0 Å². The monoisotopic (exact) mass is 322 g/mol. The van der Waals surface area contributed by atoms with Crippen LogP contribution in [0.3, 0.4) is 0 Å². The van der Waals surface area contributed by atoms with Crippen molar-refractivity contribution in [1.82, 2.24) is 9.78 Å². The van der Waals surface area contributed by atoms with Crippen LogP contribution in [-0.4, -0.2) is 29.0 Å². The summed E-state index contributed by atoms with van der Waals surface area (Å²) in [5.41, 5.74) is 1.36. The SMILES string of the molecule is CCOC(=O)c1nn2c(c1I)COCC2. The molecule has 0 aromatic carbocycles. The van der Waals surface area contributed by atoms with Gasteiger partial charge in [-0.1, -0.05) is 0 Å². The van der Waals surface area contributed by atoms with Gasteiger partial charge >= 0.3 is 5.97 Å². The molecular weight excluding hydrogens is 311 g/mol. The third-order valence-corrected chi connectivity index (χ3v) is 3.28. The molecular formula is C9H11IN2O3. The van der Waals surface area contributed by atoms with Crippen LogP contribution in [-0.2, 0) is 22.6 Å². The van der Waals surface area contributed by atoms with Crippen molar-refractivity contribution in [3.05, 3.63) is 15.0 Å². The summed E-state index contributed by atoms with van der Waals surface area (Å²) in [7, 11) is 0. The molecule has 15 heavy (non-hydrogen) atoms. The standard InChI is InChI=1S/C9H11IN2O3/c1-2-15-9(13)8-7(10)6-5-14-4-3-12(6)11-8/h2-5H2,1H3. The molecule has 82 valence electrons. The highest BCUT2D eigenvalue weighted by molar-refractivity contribution is 14.1. The van der Waals surface area contributed by atoms with Gasteiger partial charge in [0.05, 0.1) is 35.6 Å². The van der Waals surface area contributed by atoms with Crippen LogP contribution < -0.4 is 0 Å². The average Bonchev–Trinajstić information content (AvgIpc) is 2.57. The van der Waals surface area contributed by atoms with Crippen molar-refractivity contribution in [3.8, 4) is 0 Å². The molecule has 0 bridgehead atoms. The van der Waals surface area contributed by atoms with E-state index in [1.807, 2.05) is 4.68 Å². The van der Waals surface area contributed by atoms with E-state index in [4.69, 9.17) is 9.47 Å². The summed E-state index contributed by atoms with van der Waals surface area (Å²) in [5, 5.41) is 4.22. The zero-order valence-corrected chi connectivity index (χ0v) is 10.5. The number of nitrogens with zero attached hydrogens (tertiary/aromatic N) is 2. The van der Waals surface area contributed by atoms with Gasteiger partial charge in [-0.3, -0.25) is 4.68 Å². The number of esters is 1. The summed E-state index contributed by atoms with van der Waals surface area (Å²) < 4.78 is 12.9. The normalized spacial score (nSPS) is 14.8. The molecule has 1 aliphatic heterocycles. The smallest absolute Gasteiger partial charge is 0.359 e. The van der Waals surface area contributed by atoms with Crippen LogP contribution in [0.4, 0.5) is 0 Å². The Morgan fingerprint density at radius 1 is 1.73 bits per heavy atom. The highest BCUT2D eigenvalue weighted by atomic mass is 127. The number of fused-ring (bicyclic) bond motifs is 1. The summed E-state index contributed by atoms with van der Waals surface area (Å²) in [4.78, 5) is 11.5. The number of aromatic nitrogens is 2. The first kappa shape index (κ1) is 10.9. The number of halogens is 1. The molecule has 5 nitrogen and oxygen atoms in total. The molecule has 0 unspecified atom stereocenters. The first-order valence-corrected chi connectivity index (χ1v) is 5.82. The number of carbonyl (C=O) groups is 1. The molecule has 2 heterocycles. The van der Waals surface area contributed by atoms with E-state index in [1.54, 1.807) is 6.92 Å². The fraction of sp³-hybridized carbons (Fsp3) is 0.556. The van der Waals surface area contributed by atoms with E-state index < -0.39 is 0 Å². The Hall–Kier alpha value is -0.630. The lowest BCUT2D eigenvalue weighted by Gasteiger charge is -2.13. The van der Waals surface area contributed by atoms with Crippen LogP contribution in [0.25, 0.3) is 0 Å². The summed E-state index contributed by atoms with van der Waals surface area (Å²) >= 11 is 2.11. The number of ether oxygens (including phenoxy) is 2. The average molecular weight is 322 g/mol. The number of rotatable bonds is 2. The first-order chi connectivity index (χ1) is 7.24. The van der Waals surface area contributed by atoms with Crippen LogP contribution in [0, 0.1) is 3.57 Å². The molecule has 0 atom stereocenters. The predicted octanol–water partition coefficient (Wildman–Crippen LogP) is 1.19. The van der Waals surface area contributed by atoms with Crippen molar-refractivity contribution in [2.75, 3.05) is 13.2 Å². The third-order valence-electron chi connectivity index (χ3n) is 2.15. The van der Waals surface area contributed by atoms with Crippen molar-refractivity contribution < 1.29 is 14.3 Å². The van der Waals surface area contributed by atoms with Crippen LogP contribution >= 0.6 is 22.6 Å². The Morgan fingerprint density at radius 3 is 3.20 bits per heavy atom. The van der Waals surface area contributed by atoms with Gasteiger partial charge in [-0.25, -0.2) is 4.79 Å². The summed E-state index contributed by atoms with van der Waals surface area (Å²) in [5.74, 6) is -0.358. The largest absolute Gasteiger partial charge is 0.461 e. The van der Waals surface area contributed by atoms with Crippen LogP contribution in [0.2, 0.25) is 0 Å². The fourth-order valence-corrected chi connectivity index (χ4v) is 2.21. The van der Waals surface area contributed by atoms with Gasteiger partial charge in [0.1, 0.15) is 0 Å². The van der Waals surface area contributed by atoms with Gasteiger partial charge in [0.15, 0.2) is 5.69 Å². The van der Waals surface area contributed by atoms with Gasteiger partial charge in [-0.2, -0.15) is 5.10 Å². The maximum Gasteiger partial charge on any atom is 0.359 e. The Morgan fingerprint density at radius 2 is 2.53 bits per heavy atom. The Labute approximate surface area is 101 Å². The number of hydrogen-bond acceptors (Lipinski definition) is 4. The molecule has 0 saturated heterocycles. The third kappa shape index (κ3) is 2.00. The molecule has 1 aliphatic rings. The second-order valence-corrected chi connectivity index (χ2v) is 4.18. The molecule has 0 fully saturated rings. The van der Waals surface area contributed by atoms with Gasteiger partial charge in [-0.05, 0) is 29.5 Å². The Kier molecular flexibility index (Phi) is 3.25. The molecule has 1 aromatic rings. The van der Waals surface area contributed by atoms with Crippen LogP contribution in [0.1, 0.15) is 23.1 Å². The second kappa shape index (κ2) is 4.48. The van der Waals surface area contributed by atoms with Gasteiger partial charge in [0, 0.05) is 0 Å². The lowest BCUT2D eigenvalue weighted by molar-refractivity contribution is 0.0515. The molecule has 0 spiro atoms. The van der Waals surface area contributed by atoms with E-state index in [2.05, 4.69) is 27.7 Å². The van der Waals surface area contributed by atoms with E-state index in [0.717, 1.165) is 9.26 Å². The number of hydrogen-bond donors (Lipinski definition) is 0. The summed E-state index contributed by atoms with van der Waals surface area (Å²) in [6, 6.07) is 0. The van der Waals surface area contributed by atoms with E-state index in [-0.39, 0.29) is 5.97 Å². The van der Waals surface area contributed by atoms with Gasteiger partial charge in [-0.15, -0.1) is 0 Å². The zero-order valence-electron chi connectivity index (χ0n) is 8.33. The molecule has 0 radical (unpaired) electrons. The van der Waals surface area contributed by atoms with E-state index in [0.29, 0.717) is 32.1 Å². The highest BCUT2D eigenvalue weighted by Crippen LogP contribution is 2.21. The highest BCUT2D eigenvalue weighted by Gasteiger charge is 2.23. The molecule has 0 saturated carbocycles. The minimum absolute atomic E-state index is 0.358. The van der Waals surface area contributed by atoms with Crippen molar-refractivity contribution >= 4 is 28.6 Å². The Balaban J connectivity index is 2.32. The van der Waals surface area contributed by atoms with Crippen molar-refractivity contribution in [1.29, 1.82) is 0 Å². The Bertz CT molecular complexity index is 389. The maximum absolute atomic E-state index is 11.5. The molecule has 0 aliphatic carbocycles. The topological polar surface area (TPSA) is 53.3 Å². The second-order valence-electron chi connectivity index (χ2n) is 3.11. The zero-order chi connectivity index (χ0) is 10.8. The van der Waals surface area contributed by atoms with E-state index in [9.17, 15) is 4.79 Å². The lowest BCUT2D eigenvalue weighted by Crippen LogP contribution is -2.17. The van der Waals surface area contributed by atoms with Gasteiger partial charge < -0.3 is 9.47 Å². The fourth-order valence-electron chi connectivity index (χ4n) is 1.45. The molecule has 0 N–H and O–H groups in total. The summed E-state index contributed by atoms with van der Waals surface area (Å²) in [6.07, 6.45) is 0. The molecule has 1 aromatic heterocycles. The van der Waals surface area contributed by atoms with Gasteiger partial charge in [0.25, 0.3) is 0 Å². The summed E-state index contributed by atoms with van der Waals surface area (Å²) in [6.45, 7) is 4.01. The minimum Gasteiger partial charge on any atom is -0.461 e. The molecule has 0 amide bonds. The van der Waals surface area contributed by atoms with Crippen molar-refractivity contribution in [2.24, 2.45) is 0 Å². The maximum atomic E-state index is 11.5. The predicted molar refractivity (Wildman–Crippen MR) is 60.6 cm³/mol. The number of carbonyl (C=O) groups excluding carboxylic acids is 1.